The Balaban J connectivity index is 2.48. The van der Waals surface area contributed by atoms with Crippen LogP contribution in [0.2, 0.25) is 0 Å². The number of rotatable bonds is 0. The summed E-state index contributed by atoms with van der Waals surface area (Å²) in [6.45, 7) is 6.61. The highest BCUT2D eigenvalue weighted by atomic mass is 14.1. The maximum absolute atomic E-state index is 2.35. The van der Waals surface area contributed by atoms with Crippen molar-refractivity contribution in [2.24, 2.45) is 0 Å². The lowest BCUT2D eigenvalue weighted by molar-refractivity contribution is 1.01. The third kappa shape index (κ3) is 1.53. The van der Waals surface area contributed by atoms with Crippen LogP contribution < -0.4 is 0 Å². The SMILES string of the molecule is CC1=CCc2cc(C)c(C)cc2C1. The zero-order chi connectivity index (χ0) is 9.42. The summed E-state index contributed by atoms with van der Waals surface area (Å²) in [5.74, 6) is 0. The maximum Gasteiger partial charge on any atom is -0.00668 e. The number of hydrogen-bond acceptors (Lipinski definition) is 0. The molecular formula is C13H16. The quantitative estimate of drug-likeness (QED) is 0.526. The van der Waals surface area contributed by atoms with E-state index in [0.29, 0.717) is 0 Å². The minimum Gasteiger partial charge on any atom is -0.0809 e. The predicted octanol–water partition coefficient (Wildman–Crippen LogP) is 3.35. The molecule has 2 rings (SSSR count). The molecule has 0 N–H and O–H groups in total. The second-order valence-corrected chi connectivity index (χ2v) is 4.14. The van der Waals surface area contributed by atoms with Gasteiger partial charge >= 0.3 is 0 Å². The molecule has 1 aliphatic carbocycles. The average Bonchev–Trinajstić information content (AvgIpc) is 2.08. The molecule has 0 saturated heterocycles. The van der Waals surface area contributed by atoms with Gasteiger partial charge in [-0.2, -0.15) is 0 Å². The van der Waals surface area contributed by atoms with E-state index in [2.05, 4.69) is 39.0 Å². The van der Waals surface area contributed by atoms with E-state index < -0.39 is 0 Å². The van der Waals surface area contributed by atoms with Gasteiger partial charge in [0.25, 0.3) is 0 Å². The van der Waals surface area contributed by atoms with E-state index in [0.717, 1.165) is 12.8 Å². The summed E-state index contributed by atoms with van der Waals surface area (Å²) < 4.78 is 0. The first kappa shape index (κ1) is 8.55. The van der Waals surface area contributed by atoms with Crippen LogP contribution in [0.4, 0.5) is 0 Å². The van der Waals surface area contributed by atoms with E-state index in [-0.39, 0.29) is 0 Å². The highest BCUT2D eigenvalue weighted by Gasteiger charge is 2.09. The maximum atomic E-state index is 2.35. The van der Waals surface area contributed by atoms with Gasteiger partial charge in [0.05, 0.1) is 0 Å². The summed E-state index contributed by atoms with van der Waals surface area (Å²) >= 11 is 0. The molecule has 0 nitrogen and oxygen atoms in total. The van der Waals surface area contributed by atoms with Crippen LogP contribution in [-0.4, -0.2) is 0 Å². The molecule has 0 spiro atoms. The van der Waals surface area contributed by atoms with Crippen LogP contribution in [0.3, 0.4) is 0 Å². The minimum absolute atomic E-state index is 1.13. The van der Waals surface area contributed by atoms with E-state index in [1.54, 1.807) is 0 Å². The van der Waals surface area contributed by atoms with Crippen molar-refractivity contribution in [3.63, 3.8) is 0 Å². The van der Waals surface area contributed by atoms with Gasteiger partial charge in [-0.25, -0.2) is 0 Å². The Kier molecular flexibility index (Phi) is 1.99. The summed E-state index contributed by atoms with van der Waals surface area (Å²) in [6.07, 6.45) is 4.62. The third-order valence-corrected chi connectivity index (χ3v) is 2.96. The van der Waals surface area contributed by atoms with Crippen LogP contribution in [0.15, 0.2) is 23.8 Å². The van der Waals surface area contributed by atoms with Crippen LogP contribution in [0.5, 0.6) is 0 Å². The van der Waals surface area contributed by atoms with Gasteiger partial charge in [-0.3, -0.25) is 0 Å². The predicted molar refractivity (Wildman–Crippen MR) is 57.1 cm³/mol. The molecule has 0 heteroatoms. The molecule has 0 radical (unpaired) electrons. The largest absolute Gasteiger partial charge is 0.0809 e. The van der Waals surface area contributed by atoms with Gasteiger partial charge in [-0.05, 0) is 55.9 Å². The van der Waals surface area contributed by atoms with Crippen LogP contribution in [-0.2, 0) is 12.8 Å². The van der Waals surface area contributed by atoms with Crippen LogP contribution in [0.1, 0.15) is 29.2 Å². The summed E-state index contributed by atoms with van der Waals surface area (Å²) in [5.41, 5.74) is 7.41. The molecule has 68 valence electrons. The molecule has 1 aromatic carbocycles. The van der Waals surface area contributed by atoms with Crippen LogP contribution >= 0.6 is 0 Å². The molecule has 0 fully saturated rings. The second kappa shape index (κ2) is 3.02. The molecule has 0 atom stereocenters. The molecule has 0 unspecified atom stereocenters. The van der Waals surface area contributed by atoms with Crippen molar-refractivity contribution in [2.75, 3.05) is 0 Å². The van der Waals surface area contributed by atoms with Gasteiger partial charge in [0, 0.05) is 0 Å². The first-order valence-corrected chi connectivity index (χ1v) is 4.91. The summed E-state index contributed by atoms with van der Waals surface area (Å²) in [6, 6.07) is 4.69. The number of aryl methyl sites for hydroxylation is 2. The normalized spacial score (nSPS) is 15.2. The molecule has 0 aromatic heterocycles. The molecule has 0 saturated carbocycles. The van der Waals surface area contributed by atoms with Crippen molar-refractivity contribution < 1.29 is 0 Å². The fourth-order valence-electron chi connectivity index (χ4n) is 1.95. The lowest BCUT2D eigenvalue weighted by atomic mass is 9.89. The van der Waals surface area contributed by atoms with E-state index in [4.69, 9.17) is 0 Å². The van der Waals surface area contributed by atoms with Gasteiger partial charge in [0.1, 0.15) is 0 Å². The van der Waals surface area contributed by atoms with Gasteiger partial charge in [-0.15, -0.1) is 0 Å². The molecule has 13 heavy (non-hydrogen) atoms. The van der Waals surface area contributed by atoms with E-state index in [1.807, 2.05) is 0 Å². The van der Waals surface area contributed by atoms with Crippen LogP contribution in [0.25, 0.3) is 0 Å². The zero-order valence-electron chi connectivity index (χ0n) is 8.65. The number of allylic oxidation sites excluding steroid dienone is 2. The minimum atomic E-state index is 1.13. The van der Waals surface area contributed by atoms with Gasteiger partial charge in [0.2, 0.25) is 0 Å². The first-order chi connectivity index (χ1) is 6.16. The Morgan fingerprint density at radius 3 is 2.23 bits per heavy atom. The van der Waals surface area contributed by atoms with Crippen molar-refractivity contribution in [1.82, 2.24) is 0 Å². The molecular weight excluding hydrogens is 156 g/mol. The van der Waals surface area contributed by atoms with Crippen molar-refractivity contribution in [3.8, 4) is 0 Å². The van der Waals surface area contributed by atoms with E-state index in [1.165, 1.54) is 27.8 Å². The molecule has 0 heterocycles. The topological polar surface area (TPSA) is 0 Å². The molecule has 1 aromatic rings. The van der Waals surface area contributed by atoms with Crippen molar-refractivity contribution in [3.05, 3.63) is 46.0 Å². The summed E-state index contributed by atoms with van der Waals surface area (Å²) in [4.78, 5) is 0. The van der Waals surface area contributed by atoms with Crippen molar-refractivity contribution in [2.45, 2.75) is 33.6 Å². The fraction of sp³-hybridized carbons (Fsp3) is 0.385. The highest BCUT2D eigenvalue weighted by molar-refractivity contribution is 5.42. The summed E-state index contributed by atoms with van der Waals surface area (Å²) in [5, 5.41) is 0. The number of hydrogen-bond donors (Lipinski definition) is 0. The lowest BCUT2D eigenvalue weighted by Crippen LogP contribution is -2.02. The molecule has 0 aliphatic heterocycles. The Morgan fingerprint density at radius 2 is 1.54 bits per heavy atom. The standard InChI is InChI=1S/C13H16/c1-9-4-5-12-7-10(2)11(3)8-13(12)6-9/h4,7-8H,5-6H2,1-3H3. The highest BCUT2D eigenvalue weighted by Crippen LogP contribution is 2.23. The van der Waals surface area contributed by atoms with Gasteiger partial charge < -0.3 is 0 Å². The zero-order valence-corrected chi connectivity index (χ0v) is 8.65. The Morgan fingerprint density at radius 1 is 0.923 bits per heavy atom. The monoisotopic (exact) mass is 172 g/mol. The Bertz CT molecular complexity index is 370. The van der Waals surface area contributed by atoms with Crippen molar-refractivity contribution in [1.29, 1.82) is 0 Å². The van der Waals surface area contributed by atoms with E-state index in [9.17, 15) is 0 Å². The molecule has 0 amide bonds. The Hall–Kier alpha value is -1.04. The third-order valence-electron chi connectivity index (χ3n) is 2.96. The second-order valence-electron chi connectivity index (χ2n) is 4.14. The molecule has 0 bridgehead atoms. The first-order valence-electron chi connectivity index (χ1n) is 4.91. The smallest absolute Gasteiger partial charge is 0.00668 e. The average molecular weight is 172 g/mol. The molecule has 1 aliphatic rings. The summed E-state index contributed by atoms with van der Waals surface area (Å²) in [7, 11) is 0. The number of fused-ring (bicyclic) bond motifs is 1. The Labute approximate surface area is 80.3 Å². The van der Waals surface area contributed by atoms with E-state index >= 15 is 0 Å². The van der Waals surface area contributed by atoms with Gasteiger partial charge in [0.15, 0.2) is 0 Å². The fourth-order valence-corrected chi connectivity index (χ4v) is 1.95. The number of benzene rings is 1. The van der Waals surface area contributed by atoms with Crippen LogP contribution in [0, 0.1) is 13.8 Å². The van der Waals surface area contributed by atoms with Crippen molar-refractivity contribution >= 4 is 0 Å². The van der Waals surface area contributed by atoms with Gasteiger partial charge in [-0.1, -0.05) is 23.8 Å². The lowest BCUT2D eigenvalue weighted by Gasteiger charge is -2.16.